The fourth-order valence-corrected chi connectivity index (χ4v) is 2.13. The van der Waals surface area contributed by atoms with Crippen LogP contribution in [-0.4, -0.2) is 17.8 Å². The minimum absolute atomic E-state index is 0.0229. The molecule has 1 atom stereocenters. The molecule has 0 aromatic heterocycles. The van der Waals surface area contributed by atoms with Crippen LogP contribution in [0.25, 0.3) is 0 Å². The van der Waals surface area contributed by atoms with Gasteiger partial charge in [0.1, 0.15) is 0 Å². The zero-order chi connectivity index (χ0) is 14.5. The third kappa shape index (κ3) is 12.2. The third-order valence-corrected chi connectivity index (χ3v) is 3.39. The van der Waals surface area contributed by atoms with Crippen molar-refractivity contribution < 1.29 is 14.3 Å². The summed E-state index contributed by atoms with van der Waals surface area (Å²) >= 11 is 5.26. The molecule has 1 unspecified atom stereocenters. The van der Waals surface area contributed by atoms with Crippen molar-refractivity contribution in [3.05, 3.63) is 0 Å². The van der Waals surface area contributed by atoms with E-state index >= 15 is 0 Å². The fourth-order valence-electron chi connectivity index (χ4n) is 2.00. The Balaban J connectivity index is 3.26. The van der Waals surface area contributed by atoms with Gasteiger partial charge in [-0.1, -0.05) is 45.4 Å². The lowest BCUT2D eigenvalue weighted by Gasteiger charge is -2.09. The number of carbonyl (C=O) groups is 2. The molecule has 0 aliphatic carbocycles. The van der Waals surface area contributed by atoms with Gasteiger partial charge in [0, 0.05) is 6.42 Å². The van der Waals surface area contributed by atoms with Crippen molar-refractivity contribution in [2.45, 2.75) is 71.6 Å². The summed E-state index contributed by atoms with van der Waals surface area (Å²) < 4.78 is 4.97. The van der Waals surface area contributed by atoms with Crippen LogP contribution in [0.1, 0.15) is 71.6 Å². The predicted octanol–water partition coefficient (Wildman–Crippen LogP) is 4.46. The van der Waals surface area contributed by atoms with E-state index < -0.39 is 0 Å². The zero-order valence-electron chi connectivity index (χ0n) is 12.3. The normalized spacial score (nSPS) is 12.2. The van der Waals surface area contributed by atoms with Gasteiger partial charge in [0.15, 0.2) is 0 Å². The summed E-state index contributed by atoms with van der Waals surface area (Å²) in [4.78, 5) is 21.9. The second kappa shape index (κ2) is 12.5. The average Bonchev–Trinajstić information content (AvgIpc) is 2.36. The molecule has 4 heteroatoms. The van der Waals surface area contributed by atoms with Gasteiger partial charge >= 0.3 is 5.97 Å². The highest BCUT2D eigenvalue weighted by Crippen LogP contribution is 2.14. The molecule has 0 heterocycles. The smallest absolute Gasteiger partial charge is 0.308 e. The van der Waals surface area contributed by atoms with Crippen molar-refractivity contribution in [2.75, 3.05) is 6.61 Å². The fraction of sp³-hybridized carbons (Fsp3) is 0.867. The summed E-state index contributed by atoms with van der Waals surface area (Å²) in [6.45, 7) is 4.23. The van der Waals surface area contributed by atoms with E-state index in [2.05, 4.69) is 0 Å². The van der Waals surface area contributed by atoms with Gasteiger partial charge in [-0.3, -0.25) is 9.59 Å². The third-order valence-electron chi connectivity index (χ3n) is 3.20. The Hall–Kier alpha value is -0.570. The topological polar surface area (TPSA) is 43.4 Å². The molecule has 0 radical (unpaired) electrons. The Labute approximate surface area is 122 Å². The van der Waals surface area contributed by atoms with Gasteiger partial charge in [-0.15, -0.1) is 0 Å². The second-order valence-electron chi connectivity index (χ2n) is 5.02. The number of unbranched alkanes of at least 4 members (excludes halogenated alkanes) is 6. The molecule has 0 N–H and O–H groups in total. The molecule has 19 heavy (non-hydrogen) atoms. The highest BCUT2D eigenvalue weighted by molar-refractivity contribution is 6.63. The molecule has 0 rings (SSSR count). The van der Waals surface area contributed by atoms with Crippen LogP contribution in [0.15, 0.2) is 0 Å². The van der Waals surface area contributed by atoms with E-state index in [4.69, 9.17) is 16.3 Å². The quantitative estimate of drug-likeness (QED) is 0.303. The Kier molecular flexibility index (Phi) is 12.1. The van der Waals surface area contributed by atoms with Crippen LogP contribution in [0.5, 0.6) is 0 Å². The molecule has 0 aromatic rings. The number of ether oxygens (including phenoxy) is 1. The lowest BCUT2D eigenvalue weighted by Crippen LogP contribution is -2.14. The van der Waals surface area contributed by atoms with E-state index in [0.29, 0.717) is 13.0 Å². The van der Waals surface area contributed by atoms with E-state index in [9.17, 15) is 9.59 Å². The minimum atomic E-state index is -0.229. The van der Waals surface area contributed by atoms with Crippen LogP contribution in [0, 0.1) is 5.92 Å². The monoisotopic (exact) mass is 290 g/mol. The van der Waals surface area contributed by atoms with Crippen molar-refractivity contribution in [3.8, 4) is 0 Å². The average molecular weight is 291 g/mol. The number of rotatable bonds is 12. The zero-order valence-corrected chi connectivity index (χ0v) is 13.0. The first-order valence-corrected chi connectivity index (χ1v) is 7.80. The van der Waals surface area contributed by atoms with E-state index in [1.807, 2.05) is 13.8 Å². The van der Waals surface area contributed by atoms with Crippen LogP contribution >= 0.6 is 11.6 Å². The molecule has 0 amide bonds. The maximum Gasteiger partial charge on any atom is 0.308 e. The van der Waals surface area contributed by atoms with Gasteiger partial charge < -0.3 is 4.74 Å². The van der Waals surface area contributed by atoms with Gasteiger partial charge in [-0.25, -0.2) is 0 Å². The van der Waals surface area contributed by atoms with E-state index in [1.165, 1.54) is 12.8 Å². The summed E-state index contributed by atoms with van der Waals surface area (Å²) in [5.74, 6) is -0.0528. The summed E-state index contributed by atoms with van der Waals surface area (Å²) in [6.07, 6.45) is 9.21. The molecule has 0 bridgehead atoms. The highest BCUT2D eigenvalue weighted by atomic mass is 35.5. The molecule has 0 aliphatic rings. The SMILES string of the molecule is CCOC(=O)C(C)CCCCCCCCCC(=O)Cl. The second-order valence-corrected chi connectivity index (χ2v) is 5.44. The molecule has 0 aliphatic heterocycles. The van der Waals surface area contributed by atoms with E-state index in [0.717, 1.165) is 38.5 Å². The Morgan fingerprint density at radius 2 is 1.53 bits per heavy atom. The highest BCUT2D eigenvalue weighted by Gasteiger charge is 2.12. The van der Waals surface area contributed by atoms with Crippen LogP contribution in [-0.2, 0) is 14.3 Å². The number of carbonyl (C=O) groups excluding carboxylic acids is 2. The van der Waals surface area contributed by atoms with Crippen LogP contribution in [0.3, 0.4) is 0 Å². The molecule has 0 aromatic carbocycles. The summed E-state index contributed by atoms with van der Waals surface area (Å²) in [6, 6.07) is 0. The number of halogens is 1. The minimum Gasteiger partial charge on any atom is -0.466 e. The predicted molar refractivity (Wildman–Crippen MR) is 78.2 cm³/mol. The summed E-state index contributed by atoms with van der Waals surface area (Å²) in [5.41, 5.74) is 0. The molecule has 0 saturated carbocycles. The molecular weight excluding hydrogens is 264 g/mol. The largest absolute Gasteiger partial charge is 0.466 e. The summed E-state index contributed by atoms with van der Waals surface area (Å²) in [5, 5.41) is -0.229. The Morgan fingerprint density at radius 1 is 1.00 bits per heavy atom. The molecular formula is C15H27ClO3. The molecule has 0 fully saturated rings. The first kappa shape index (κ1) is 18.4. The lowest BCUT2D eigenvalue weighted by molar-refractivity contribution is -0.147. The molecule has 0 saturated heterocycles. The van der Waals surface area contributed by atoms with Gasteiger partial charge in [0.2, 0.25) is 5.24 Å². The van der Waals surface area contributed by atoms with Crippen LogP contribution in [0.4, 0.5) is 0 Å². The standard InChI is InChI=1S/C15H27ClO3/c1-3-19-15(18)13(2)11-9-7-5-4-6-8-10-12-14(16)17/h13H,3-12H2,1-2H3. The Bertz CT molecular complexity index is 254. The summed E-state index contributed by atoms with van der Waals surface area (Å²) in [7, 11) is 0. The first-order valence-electron chi connectivity index (χ1n) is 7.42. The lowest BCUT2D eigenvalue weighted by atomic mass is 10.0. The maximum absolute atomic E-state index is 11.4. The van der Waals surface area contributed by atoms with Crippen molar-refractivity contribution in [3.63, 3.8) is 0 Å². The van der Waals surface area contributed by atoms with Crippen molar-refractivity contribution in [2.24, 2.45) is 5.92 Å². The van der Waals surface area contributed by atoms with Crippen molar-refractivity contribution >= 4 is 22.8 Å². The Morgan fingerprint density at radius 3 is 2.05 bits per heavy atom. The van der Waals surface area contributed by atoms with E-state index in [1.54, 1.807) is 0 Å². The first-order chi connectivity index (χ1) is 9.07. The van der Waals surface area contributed by atoms with Crippen molar-refractivity contribution in [1.29, 1.82) is 0 Å². The van der Waals surface area contributed by atoms with Crippen LogP contribution < -0.4 is 0 Å². The van der Waals surface area contributed by atoms with Crippen LogP contribution in [0.2, 0.25) is 0 Å². The van der Waals surface area contributed by atoms with Gasteiger partial charge in [0.05, 0.1) is 12.5 Å². The van der Waals surface area contributed by atoms with Gasteiger partial charge in [-0.05, 0) is 31.4 Å². The maximum atomic E-state index is 11.4. The molecule has 3 nitrogen and oxygen atoms in total. The van der Waals surface area contributed by atoms with Gasteiger partial charge in [-0.2, -0.15) is 0 Å². The number of hydrogen-bond donors (Lipinski definition) is 0. The number of esters is 1. The number of hydrogen-bond acceptors (Lipinski definition) is 3. The van der Waals surface area contributed by atoms with E-state index in [-0.39, 0.29) is 17.1 Å². The van der Waals surface area contributed by atoms with Crippen molar-refractivity contribution in [1.82, 2.24) is 0 Å². The molecule has 0 spiro atoms. The molecule has 112 valence electrons. The van der Waals surface area contributed by atoms with Gasteiger partial charge in [0.25, 0.3) is 0 Å².